The first kappa shape index (κ1) is 18.7. The quantitative estimate of drug-likeness (QED) is 0.464. The second-order valence-corrected chi connectivity index (χ2v) is 9.04. The van der Waals surface area contributed by atoms with Crippen molar-refractivity contribution in [2.45, 2.75) is 34.2 Å². The van der Waals surface area contributed by atoms with Gasteiger partial charge in [-0.1, -0.05) is 23.5 Å². The number of hydrogen-bond donors (Lipinski definition) is 0. The molecule has 5 nitrogen and oxygen atoms in total. The molecule has 142 valence electrons. The fourth-order valence-electron chi connectivity index (χ4n) is 3.23. The van der Waals surface area contributed by atoms with Gasteiger partial charge >= 0.3 is 0 Å². The van der Waals surface area contributed by atoms with Crippen LogP contribution < -0.4 is 4.90 Å². The Kier molecular flexibility index (Phi) is 4.95. The van der Waals surface area contributed by atoms with Crippen LogP contribution >= 0.6 is 22.7 Å². The second-order valence-electron chi connectivity index (χ2n) is 6.82. The Bertz CT molecular complexity index is 1160. The van der Waals surface area contributed by atoms with Crippen LogP contribution in [-0.4, -0.2) is 20.9 Å². The van der Waals surface area contributed by atoms with Crippen molar-refractivity contribution in [3.05, 3.63) is 68.9 Å². The Morgan fingerprint density at radius 2 is 1.93 bits per heavy atom. The molecule has 0 aliphatic heterocycles. The Morgan fingerprint density at radius 3 is 2.61 bits per heavy atom. The molecule has 0 N–H and O–H groups in total. The van der Waals surface area contributed by atoms with E-state index in [0.717, 1.165) is 32.0 Å². The standard InChI is InChI=1S/C21H20N4OS2/c1-12-8-13(2)18-17(9-12)28-21(24-18)25(11-16-6-5-7-22-10-16)20(26)19-14(3)23-15(4)27-19/h5-10H,11H2,1-4H3. The number of aryl methyl sites for hydroxylation is 4. The van der Waals surface area contributed by atoms with Crippen molar-refractivity contribution in [3.8, 4) is 0 Å². The first-order chi connectivity index (χ1) is 13.4. The van der Waals surface area contributed by atoms with Crippen LogP contribution in [0.25, 0.3) is 10.2 Å². The molecule has 0 fully saturated rings. The van der Waals surface area contributed by atoms with E-state index in [4.69, 9.17) is 4.98 Å². The molecule has 0 aliphatic carbocycles. The van der Waals surface area contributed by atoms with Gasteiger partial charge in [-0.05, 0) is 56.5 Å². The minimum atomic E-state index is -0.0691. The van der Waals surface area contributed by atoms with Gasteiger partial charge in [0.15, 0.2) is 5.13 Å². The highest BCUT2D eigenvalue weighted by molar-refractivity contribution is 7.22. The number of fused-ring (bicyclic) bond motifs is 1. The van der Waals surface area contributed by atoms with Crippen LogP contribution in [0.2, 0.25) is 0 Å². The van der Waals surface area contributed by atoms with E-state index < -0.39 is 0 Å². The molecule has 4 aromatic rings. The maximum Gasteiger partial charge on any atom is 0.272 e. The molecule has 3 aromatic heterocycles. The van der Waals surface area contributed by atoms with Crippen LogP contribution in [0.3, 0.4) is 0 Å². The molecule has 0 atom stereocenters. The summed E-state index contributed by atoms with van der Waals surface area (Å²) in [6, 6.07) is 8.10. The molecule has 28 heavy (non-hydrogen) atoms. The topological polar surface area (TPSA) is 59.0 Å². The lowest BCUT2D eigenvalue weighted by Crippen LogP contribution is -2.30. The molecule has 0 saturated heterocycles. The number of carbonyl (C=O) groups excluding carboxylic acids is 1. The minimum Gasteiger partial charge on any atom is -0.279 e. The van der Waals surface area contributed by atoms with Crippen molar-refractivity contribution in [3.63, 3.8) is 0 Å². The Balaban J connectivity index is 1.82. The summed E-state index contributed by atoms with van der Waals surface area (Å²) in [5.41, 5.74) is 4.99. The number of thiazole rings is 2. The van der Waals surface area contributed by atoms with Crippen LogP contribution in [0.5, 0.6) is 0 Å². The molecule has 1 aromatic carbocycles. The van der Waals surface area contributed by atoms with E-state index in [9.17, 15) is 4.79 Å². The fourth-order valence-corrected chi connectivity index (χ4v) is 5.24. The van der Waals surface area contributed by atoms with Gasteiger partial charge in [-0.3, -0.25) is 14.7 Å². The number of anilines is 1. The largest absolute Gasteiger partial charge is 0.279 e. The van der Waals surface area contributed by atoms with Gasteiger partial charge in [-0.2, -0.15) is 0 Å². The number of aromatic nitrogens is 3. The third-order valence-corrected chi connectivity index (χ3v) is 6.54. The van der Waals surface area contributed by atoms with Crippen LogP contribution in [0, 0.1) is 27.7 Å². The lowest BCUT2D eigenvalue weighted by molar-refractivity contribution is 0.0988. The summed E-state index contributed by atoms with van der Waals surface area (Å²) in [7, 11) is 0. The smallest absolute Gasteiger partial charge is 0.272 e. The van der Waals surface area contributed by atoms with E-state index in [1.807, 2.05) is 26.0 Å². The Hall–Kier alpha value is -2.64. The predicted molar refractivity (Wildman–Crippen MR) is 115 cm³/mol. The van der Waals surface area contributed by atoms with Gasteiger partial charge in [-0.15, -0.1) is 11.3 Å². The van der Waals surface area contributed by atoms with E-state index in [2.05, 4.69) is 35.9 Å². The molecule has 0 radical (unpaired) electrons. The van der Waals surface area contributed by atoms with Crippen molar-refractivity contribution in [1.29, 1.82) is 0 Å². The first-order valence-corrected chi connectivity index (χ1v) is 10.6. The van der Waals surface area contributed by atoms with Gasteiger partial charge in [0.05, 0.1) is 27.5 Å². The van der Waals surface area contributed by atoms with E-state index in [1.165, 1.54) is 16.9 Å². The third kappa shape index (κ3) is 3.55. The molecule has 0 spiro atoms. The van der Waals surface area contributed by atoms with Crippen molar-refractivity contribution >= 4 is 43.9 Å². The molecule has 1 amide bonds. The van der Waals surface area contributed by atoms with Gasteiger partial charge in [0.25, 0.3) is 5.91 Å². The highest BCUT2D eigenvalue weighted by Crippen LogP contribution is 2.34. The number of hydrogen-bond acceptors (Lipinski definition) is 6. The molecule has 7 heteroatoms. The van der Waals surface area contributed by atoms with Gasteiger partial charge in [0, 0.05) is 12.4 Å². The van der Waals surface area contributed by atoms with Crippen LogP contribution in [0.4, 0.5) is 5.13 Å². The number of benzene rings is 1. The molecule has 0 saturated carbocycles. The zero-order chi connectivity index (χ0) is 19.8. The molecule has 3 heterocycles. The summed E-state index contributed by atoms with van der Waals surface area (Å²) in [4.78, 5) is 29.3. The number of pyridine rings is 1. The van der Waals surface area contributed by atoms with Crippen molar-refractivity contribution in [1.82, 2.24) is 15.0 Å². The highest BCUT2D eigenvalue weighted by Gasteiger charge is 2.25. The number of amides is 1. The summed E-state index contributed by atoms with van der Waals surface area (Å²) in [5.74, 6) is -0.0691. The molecule has 0 bridgehead atoms. The number of nitrogens with zero attached hydrogens (tertiary/aromatic N) is 4. The lowest BCUT2D eigenvalue weighted by atomic mass is 10.1. The normalized spacial score (nSPS) is 11.1. The van der Waals surface area contributed by atoms with E-state index >= 15 is 0 Å². The average molecular weight is 409 g/mol. The average Bonchev–Trinajstić information content (AvgIpc) is 3.22. The van der Waals surface area contributed by atoms with E-state index in [0.29, 0.717) is 16.6 Å². The van der Waals surface area contributed by atoms with Crippen LogP contribution in [0.1, 0.15) is 37.1 Å². The molecule has 0 unspecified atom stereocenters. The SMILES string of the molecule is Cc1cc(C)c2nc(N(Cc3cccnc3)C(=O)c3sc(C)nc3C)sc2c1. The minimum absolute atomic E-state index is 0.0691. The second kappa shape index (κ2) is 7.41. The lowest BCUT2D eigenvalue weighted by Gasteiger charge is -2.19. The zero-order valence-electron chi connectivity index (χ0n) is 16.2. The number of rotatable bonds is 4. The van der Waals surface area contributed by atoms with E-state index in [-0.39, 0.29) is 5.91 Å². The zero-order valence-corrected chi connectivity index (χ0v) is 17.8. The Morgan fingerprint density at radius 1 is 1.11 bits per heavy atom. The fraction of sp³-hybridized carbons (Fsp3) is 0.238. The molecule has 4 rings (SSSR count). The summed E-state index contributed by atoms with van der Waals surface area (Å²) in [6.07, 6.45) is 3.52. The number of carbonyl (C=O) groups is 1. The van der Waals surface area contributed by atoms with Crippen LogP contribution in [-0.2, 0) is 6.54 Å². The Labute approximate surface area is 171 Å². The van der Waals surface area contributed by atoms with Gasteiger partial charge in [-0.25, -0.2) is 9.97 Å². The van der Waals surface area contributed by atoms with E-state index in [1.54, 1.807) is 28.6 Å². The van der Waals surface area contributed by atoms with Crippen molar-refractivity contribution in [2.75, 3.05) is 4.90 Å². The summed E-state index contributed by atoms with van der Waals surface area (Å²) >= 11 is 2.97. The summed E-state index contributed by atoms with van der Waals surface area (Å²) < 4.78 is 1.09. The van der Waals surface area contributed by atoms with Gasteiger partial charge in [0.1, 0.15) is 4.88 Å². The monoisotopic (exact) mass is 408 g/mol. The maximum atomic E-state index is 13.5. The van der Waals surface area contributed by atoms with Gasteiger partial charge in [0.2, 0.25) is 0 Å². The summed E-state index contributed by atoms with van der Waals surface area (Å²) in [6.45, 7) is 8.35. The molecular formula is C21H20N4OS2. The molecule has 0 aliphatic rings. The highest BCUT2D eigenvalue weighted by atomic mass is 32.1. The third-order valence-electron chi connectivity index (χ3n) is 4.46. The van der Waals surface area contributed by atoms with Crippen molar-refractivity contribution in [2.24, 2.45) is 0 Å². The van der Waals surface area contributed by atoms with Crippen LogP contribution in [0.15, 0.2) is 36.7 Å². The molecular weight excluding hydrogens is 388 g/mol. The first-order valence-electron chi connectivity index (χ1n) is 8.95. The predicted octanol–water partition coefficient (Wildman–Crippen LogP) is 5.23. The van der Waals surface area contributed by atoms with Gasteiger partial charge < -0.3 is 0 Å². The maximum absolute atomic E-state index is 13.5. The summed E-state index contributed by atoms with van der Waals surface area (Å²) in [5, 5.41) is 1.58. The van der Waals surface area contributed by atoms with Crippen molar-refractivity contribution < 1.29 is 4.79 Å².